The molecule has 3 heteroatoms. The van der Waals surface area contributed by atoms with Crippen molar-refractivity contribution in [1.29, 1.82) is 0 Å². The highest BCUT2D eigenvalue weighted by Gasteiger charge is 2.26. The molecule has 1 N–H and O–H groups in total. The van der Waals surface area contributed by atoms with Crippen LogP contribution in [0.2, 0.25) is 0 Å². The molecule has 2 rings (SSSR count). The third kappa shape index (κ3) is 0.896. The van der Waals surface area contributed by atoms with E-state index in [1.54, 1.807) is 11.9 Å². The van der Waals surface area contributed by atoms with Crippen LogP contribution in [-0.2, 0) is 0 Å². The van der Waals surface area contributed by atoms with E-state index in [9.17, 15) is 0 Å². The van der Waals surface area contributed by atoms with Crippen LogP contribution in [0.15, 0.2) is 23.1 Å². The second-order valence-corrected chi connectivity index (χ2v) is 3.67. The van der Waals surface area contributed by atoms with Gasteiger partial charge in [-0.2, -0.15) is 0 Å². The number of hydrogen-bond acceptors (Lipinski definition) is 2. The Morgan fingerprint density at radius 2 is 2.60 bits per heavy atom. The molecule has 1 saturated heterocycles. The highest BCUT2D eigenvalue weighted by Crippen LogP contribution is 2.34. The van der Waals surface area contributed by atoms with Crippen molar-refractivity contribution in [2.45, 2.75) is 6.42 Å². The van der Waals surface area contributed by atoms with Gasteiger partial charge in [0, 0.05) is 10.8 Å². The van der Waals surface area contributed by atoms with Gasteiger partial charge >= 0.3 is 0 Å². The summed E-state index contributed by atoms with van der Waals surface area (Å²) < 4.78 is 3.10. The Labute approximate surface area is 69.7 Å². The van der Waals surface area contributed by atoms with Gasteiger partial charge in [0.1, 0.15) is 0 Å². The van der Waals surface area contributed by atoms with Gasteiger partial charge in [0.05, 0.1) is 4.99 Å². The summed E-state index contributed by atoms with van der Waals surface area (Å²) in [5.41, 5.74) is 0. The van der Waals surface area contributed by atoms with Crippen LogP contribution in [-0.4, -0.2) is 4.99 Å². The van der Waals surface area contributed by atoms with Gasteiger partial charge in [-0.05, 0) is 18.4 Å². The second kappa shape index (κ2) is 2.40. The van der Waals surface area contributed by atoms with E-state index >= 15 is 0 Å². The van der Waals surface area contributed by atoms with Crippen molar-refractivity contribution in [3.63, 3.8) is 0 Å². The summed E-state index contributed by atoms with van der Waals surface area (Å²) in [4.78, 5) is 2.35. The maximum atomic E-state index is 5.11. The molecule has 1 unspecified atom stereocenters. The molecule has 1 fully saturated rings. The predicted molar refractivity (Wildman–Crippen MR) is 48.7 cm³/mol. The molecule has 0 saturated carbocycles. The monoisotopic (exact) mass is 169 g/mol. The molecule has 1 atom stereocenters. The molecular weight excluding hydrogens is 162 g/mol. The molecule has 0 amide bonds. The molecular formula is C7H7NS2. The molecule has 0 aromatic carbocycles. The van der Waals surface area contributed by atoms with Crippen molar-refractivity contribution >= 4 is 29.2 Å². The van der Waals surface area contributed by atoms with Gasteiger partial charge in [-0.1, -0.05) is 30.4 Å². The molecule has 0 bridgehead atoms. The quantitative estimate of drug-likeness (QED) is 0.440. The van der Waals surface area contributed by atoms with E-state index < -0.39 is 0 Å². The molecule has 0 spiro atoms. The number of allylic oxidation sites excluding steroid dienone is 3. The summed E-state index contributed by atoms with van der Waals surface area (Å²) in [5, 5.41) is 0. The van der Waals surface area contributed by atoms with Gasteiger partial charge < -0.3 is 4.72 Å². The fourth-order valence-electron chi connectivity index (χ4n) is 1.13. The average Bonchev–Trinajstić information content (AvgIpc) is 2.34. The Hall–Kier alpha value is -0.280. The Bertz CT molecular complexity index is 230. The average molecular weight is 169 g/mol. The molecule has 0 radical (unpaired) electrons. The zero-order chi connectivity index (χ0) is 6.97. The van der Waals surface area contributed by atoms with Gasteiger partial charge in [0.15, 0.2) is 0 Å². The molecule has 1 aliphatic heterocycles. The highest BCUT2D eigenvalue weighted by atomic mass is 32.2. The Kier molecular flexibility index (Phi) is 1.54. The van der Waals surface area contributed by atoms with E-state index in [0.29, 0.717) is 5.92 Å². The van der Waals surface area contributed by atoms with Crippen molar-refractivity contribution in [3.8, 4) is 0 Å². The fourth-order valence-corrected chi connectivity index (χ4v) is 2.42. The minimum atomic E-state index is 0.491. The summed E-state index contributed by atoms with van der Waals surface area (Å²) in [6.07, 6.45) is 7.46. The van der Waals surface area contributed by atoms with Crippen LogP contribution in [0.5, 0.6) is 0 Å². The Morgan fingerprint density at radius 3 is 3.40 bits per heavy atom. The van der Waals surface area contributed by atoms with Gasteiger partial charge in [0.25, 0.3) is 0 Å². The van der Waals surface area contributed by atoms with E-state index in [1.165, 1.54) is 4.91 Å². The third-order valence-corrected chi connectivity index (χ3v) is 3.19. The molecule has 10 heavy (non-hydrogen) atoms. The van der Waals surface area contributed by atoms with Gasteiger partial charge in [-0.3, -0.25) is 0 Å². The van der Waals surface area contributed by atoms with Gasteiger partial charge in [-0.25, -0.2) is 0 Å². The molecule has 52 valence electrons. The minimum absolute atomic E-state index is 0.491. The molecule has 1 nitrogen and oxygen atoms in total. The van der Waals surface area contributed by atoms with Crippen molar-refractivity contribution in [1.82, 2.24) is 4.72 Å². The first kappa shape index (κ1) is 6.43. The first-order valence-electron chi connectivity index (χ1n) is 3.21. The van der Waals surface area contributed by atoms with Crippen molar-refractivity contribution in [2.75, 3.05) is 0 Å². The van der Waals surface area contributed by atoms with Crippen LogP contribution in [0.1, 0.15) is 6.42 Å². The van der Waals surface area contributed by atoms with E-state index in [1.807, 2.05) is 0 Å². The zero-order valence-corrected chi connectivity index (χ0v) is 6.97. The lowest BCUT2D eigenvalue weighted by Gasteiger charge is -2.08. The zero-order valence-electron chi connectivity index (χ0n) is 5.33. The first-order chi connectivity index (χ1) is 4.88. The van der Waals surface area contributed by atoms with E-state index in [4.69, 9.17) is 12.2 Å². The number of rotatable bonds is 0. The molecule has 1 heterocycles. The third-order valence-electron chi connectivity index (χ3n) is 1.70. The van der Waals surface area contributed by atoms with Crippen LogP contribution in [0.3, 0.4) is 0 Å². The molecule has 1 aliphatic carbocycles. The second-order valence-electron chi connectivity index (χ2n) is 2.35. The lowest BCUT2D eigenvalue weighted by Crippen LogP contribution is -2.14. The highest BCUT2D eigenvalue weighted by molar-refractivity contribution is 8.03. The topological polar surface area (TPSA) is 12.0 Å². The first-order valence-corrected chi connectivity index (χ1v) is 4.44. The minimum Gasteiger partial charge on any atom is -0.320 e. The van der Waals surface area contributed by atoms with Crippen molar-refractivity contribution in [2.24, 2.45) is 5.92 Å². The summed E-state index contributed by atoms with van der Waals surface area (Å²) in [6, 6.07) is 0. The molecule has 0 aromatic heterocycles. The molecule has 2 aliphatic rings. The SMILES string of the molecule is S=C1NSC2=CC=CCC12. The lowest BCUT2D eigenvalue weighted by atomic mass is 10.0. The van der Waals surface area contributed by atoms with Crippen LogP contribution in [0.25, 0.3) is 0 Å². The smallest absolute Gasteiger partial charge is 0.0939 e. The van der Waals surface area contributed by atoms with Crippen molar-refractivity contribution < 1.29 is 0 Å². The van der Waals surface area contributed by atoms with E-state index in [0.717, 1.165) is 11.4 Å². The van der Waals surface area contributed by atoms with Crippen LogP contribution in [0, 0.1) is 5.92 Å². The standard InChI is InChI=1S/C7H7NS2/c9-7-5-3-1-2-4-6(5)10-8-7/h1-2,4-5H,3H2,(H,8,9). The normalized spacial score (nSPS) is 29.4. The fraction of sp³-hybridized carbons (Fsp3) is 0.286. The summed E-state index contributed by atoms with van der Waals surface area (Å²) in [7, 11) is 0. The molecule has 0 aromatic rings. The van der Waals surface area contributed by atoms with Crippen molar-refractivity contribution in [3.05, 3.63) is 23.1 Å². The van der Waals surface area contributed by atoms with Crippen LogP contribution >= 0.6 is 24.2 Å². The number of nitrogens with one attached hydrogen (secondary N) is 1. The number of fused-ring (bicyclic) bond motifs is 1. The number of hydrogen-bond donors (Lipinski definition) is 1. The maximum absolute atomic E-state index is 5.11. The summed E-state index contributed by atoms with van der Waals surface area (Å²) >= 11 is 6.76. The van der Waals surface area contributed by atoms with Gasteiger partial charge in [-0.15, -0.1) is 0 Å². The van der Waals surface area contributed by atoms with Gasteiger partial charge in [0.2, 0.25) is 0 Å². The largest absolute Gasteiger partial charge is 0.320 e. The predicted octanol–water partition coefficient (Wildman–Crippen LogP) is 2.03. The Balaban J connectivity index is 2.31. The summed E-state index contributed by atoms with van der Waals surface area (Å²) in [5.74, 6) is 0.491. The maximum Gasteiger partial charge on any atom is 0.0939 e. The number of thiocarbonyl (C=S) groups is 1. The van der Waals surface area contributed by atoms with Crippen LogP contribution < -0.4 is 4.72 Å². The van der Waals surface area contributed by atoms with Crippen LogP contribution in [0.4, 0.5) is 0 Å². The Morgan fingerprint density at radius 1 is 1.70 bits per heavy atom. The lowest BCUT2D eigenvalue weighted by molar-refractivity contribution is 0.869. The van der Waals surface area contributed by atoms with E-state index in [-0.39, 0.29) is 0 Å². The van der Waals surface area contributed by atoms with E-state index in [2.05, 4.69) is 23.0 Å². The summed E-state index contributed by atoms with van der Waals surface area (Å²) in [6.45, 7) is 0.